The number of carbonyl (C=O) groups is 1. The largest absolute Gasteiger partial charge is 0.493 e. The second kappa shape index (κ2) is 10.6. The summed E-state index contributed by atoms with van der Waals surface area (Å²) in [7, 11) is 3.24. The van der Waals surface area contributed by atoms with Crippen LogP contribution in [-0.4, -0.2) is 49.6 Å². The van der Waals surface area contributed by atoms with E-state index in [4.69, 9.17) is 9.47 Å². The van der Waals surface area contributed by atoms with Crippen molar-refractivity contribution in [1.82, 2.24) is 4.90 Å². The molecule has 156 valence electrons. The summed E-state index contributed by atoms with van der Waals surface area (Å²) in [5.74, 6) is 3.80. The van der Waals surface area contributed by atoms with Crippen molar-refractivity contribution in [3.05, 3.63) is 53.1 Å². The van der Waals surface area contributed by atoms with E-state index in [1.54, 1.807) is 14.2 Å². The lowest BCUT2D eigenvalue weighted by Crippen LogP contribution is -2.31. The van der Waals surface area contributed by atoms with Crippen LogP contribution in [0.25, 0.3) is 0 Å². The molecule has 0 aromatic heterocycles. The van der Waals surface area contributed by atoms with E-state index in [9.17, 15) is 4.79 Å². The maximum Gasteiger partial charge on any atom is 0.224 e. The molecule has 3 rings (SSSR count). The van der Waals surface area contributed by atoms with Crippen LogP contribution in [0.5, 0.6) is 11.5 Å². The molecule has 1 saturated heterocycles. The third-order valence-electron chi connectivity index (χ3n) is 5.18. The number of methoxy groups -OCH3 is 2. The highest BCUT2D eigenvalue weighted by Crippen LogP contribution is 2.31. The molecule has 0 spiro atoms. The zero-order chi connectivity index (χ0) is 20.6. The monoisotopic (exact) mass is 414 g/mol. The molecular weight excluding hydrogens is 384 g/mol. The Kier molecular flexibility index (Phi) is 7.83. The maximum absolute atomic E-state index is 12.5. The van der Waals surface area contributed by atoms with Crippen molar-refractivity contribution in [2.75, 3.05) is 44.1 Å². The van der Waals surface area contributed by atoms with E-state index < -0.39 is 0 Å². The molecule has 6 heteroatoms. The first-order valence-electron chi connectivity index (χ1n) is 10.00. The van der Waals surface area contributed by atoms with Gasteiger partial charge in [-0.1, -0.05) is 24.3 Å². The summed E-state index contributed by atoms with van der Waals surface area (Å²) in [6.07, 6.45) is 0.979. The number of hydrogen-bond acceptors (Lipinski definition) is 5. The molecule has 1 fully saturated rings. The van der Waals surface area contributed by atoms with Crippen LogP contribution in [0.4, 0.5) is 5.69 Å². The summed E-state index contributed by atoms with van der Waals surface area (Å²) >= 11 is 2.02. The molecule has 0 atom stereocenters. The summed E-state index contributed by atoms with van der Waals surface area (Å²) in [5.41, 5.74) is 4.24. The van der Waals surface area contributed by atoms with Crippen molar-refractivity contribution in [3.8, 4) is 11.5 Å². The van der Waals surface area contributed by atoms with Crippen LogP contribution in [0, 0.1) is 6.92 Å². The Balaban J connectivity index is 1.56. The van der Waals surface area contributed by atoms with Gasteiger partial charge in [0.15, 0.2) is 11.5 Å². The number of thioether (sulfide) groups is 1. The molecule has 1 N–H and O–H groups in total. The summed E-state index contributed by atoms with van der Waals surface area (Å²) in [6, 6.07) is 12.1. The lowest BCUT2D eigenvalue weighted by molar-refractivity contribution is -0.116. The van der Waals surface area contributed by atoms with Crippen LogP contribution in [0.1, 0.15) is 23.1 Å². The number of amides is 1. The summed E-state index contributed by atoms with van der Waals surface area (Å²) in [6.45, 7) is 5.33. The molecule has 29 heavy (non-hydrogen) atoms. The van der Waals surface area contributed by atoms with Gasteiger partial charge in [0, 0.05) is 43.2 Å². The highest BCUT2D eigenvalue weighted by molar-refractivity contribution is 7.99. The second-order valence-electron chi connectivity index (χ2n) is 7.24. The van der Waals surface area contributed by atoms with Crippen LogP contribution in [0.3, 0.4) is 0 Å². The van der Waals surface area contributed by atoms with Crippen LogP contribution in [0.2, 0.25) is 0 Å². The van der Waals surface area contributed by atoms with Crippen LogP contribution >= 0.6 is 11.8 Å². The number of rotatable bonds is 8. The van der Waals surface area contributed by atoms with Crippen molar-refractivity contribution in [3.63, 3.8) is 0 Å². The quantitative estimate of drug-likeness (QED) is 0.704. The Morgan fingerprint density at radius 3 is 2.62 bits per heavy atom. The fraction of sp³-hybridized carbons (Fsp3) is 0.435. The predicted octanol–water partition coefficient (Wildman–Crippen LogP) is 4.13. The van der Waals surface area contributed by atoms with Crippen molar-refractivity contribution in [2.24, 2.45) is 0 Å². The first-order valence-corrected chi connectivity index (χ1v) is 11.2. The van der Waals surface area contributed by atoms with Gasteiger partial charge in [0.05, 0.1) is 14.2 Å². The average Bonchev–Trinajstić information content (AvgIpc) is 2.74. The minimum Gasteiger partial charge on any atom is -0.493 e. The molecule has 1 amide bonds. The molecule has 0 aliphatic carbocycles. The predicted molar refractivity (Wildman–Crippen MR) is 120 cm³/mol. The molecule has 1 heterocycles. The summed E-state index contributed by atoms with van der Waals surface area (Å²) in [4.78, 5) is 15.0. The van der Waals surface area contributed by atoms with Gasteiger partial charge in [0.1, 0.15) is 0 Å². The fourth-order valence-electron chi connectivity index (χ4n) is 3.59. The van der Waals surface area contributed by atoms with Gasteiger partial charge in [-0.3, -0.25) is 9.69 Å². The molecule has 0 unspecified atom stereocenters. The third-order valence-corrected chi connectivity index (χ3v) is 6.12. The van der Waals surface area contributed by atoms with Crippen molar-refractivity contribution in [2.45, 2.75) is 26.3 Å². The number of hydrogen-bond donors (Lipinski definition) is 1. The van der Waals surface area contributed by atoms with Gasteiger partial charge in [-0.2, -0.15) is 11.8 Å². The molecule has 2 aromatic rings. The Morgan fingerprint density at radius 2 is 1.93 bits per heavy atom. The lowest BCUT2D eigenvalue weighted by atomic mass is 10.1. The normalized spacial score (nSPS) is 14.4. The topological polar surface area (TPSA) is 50.8 Å². The highest BCUT2D eigenvalue weighted by Gasteiger charge is 2.13. The number of nitrogens with zero attached hydrogens (tertiary/aromatic N) is 1. The van der Waals surface area contributed by atoms with Gasteiger partial charge >= 0.3 is 0 Å². The molecule has 2 aromatic carbocycles. The molecule has 0 radical (unpaired) electrons. The van der Waals surface area contributed by atoms with E-state index in [1.165, 1.54) is 17.1 Å². The van der Waals surface area contributed by atoms with Crippen molar-refractivity contribution >= 4 is 23.4 Å². The van der Waals surface area contributed by atoms with Crippen LogP contribution in [-0.2, 0) is 17.8 Å². The van der Waals surface area contributed by atoms with E-state index in [1.807, 2.05) is 36.0 Å². The molecule has 5 nitrogen and oxygen atoms in total. The molecule has 0 bridgehead atoms. The first-order chi connectivity index (χ1) is 14.1. The number of carbonyl (C=O) groups excluding carboxylic acids is 1. The second-order valence-corrected chi connectivity index (χ2v) is 8.46. The van der Waals surface area contributed by atoms with Gasteiger partial charge in [-0.25, -0.2) is 0 Å². The summed E-state index contributed by atoms with van der Waals surface area (Å²) in [5, 5.41) is 3.05. The number of para-hydroxylation sites is 1. The van der Waals surface area contributed by atoms with Gasteiger partial charge in [0.25, 0.3) is 0 Å². The smallest absolute Gasteiger partial charge is 0.224 e. The molecule has 1 aliphatic heterocycles. The van der Waals surface area contributed by atoms with E-state index in [0.717, 1.165) is 36.4 Å². The standard InChI is InChI=1S/C23H30N2O3S/c1-17-15-18(16-25-11-13-29-14-12-25)7-9-20(17)24-22(26)10-8-19-5-4-6-21(27-2)23(19)28-3/h4-7,9,15H,8,10-14,16H2,1-3H3,(H,24,26). The summed E-state index contributed by atoms with van der Waals surface area (Å²) < 4.78 is 10.8. The molecule has 1 aliphatic rings. The Hall–Kier alpha value is -2.18. The number of anilines is 1. The Bertz CT molecular complexity index is 835. The van der Waals surface area contributed by atoms with Crippen molar-refractivity contribution in [1.29, 1.82) is 0 Å². The Morgan fingerprint density at radius 1 is 1.14 bits per heavy atom. The average molecular weight is 415 g/mol. The van der Waals surface area contributed by atoms with E-state index in [2.05, 4.69) is 29.3 Å². The third kappa shape index (κ3) is 5.90. The Labute approximate surface area is 177 Å². The lowest BCUT2D eigenvalue weighted by Gasteiger charge is -2.26. The fourth-order valence-corrected chi connectivity index (χ4v) is 4.57. The molecular formula is C23H30N2O3S. The maximum atomic E-state index is 12.5. The molecule has 0 saturated carbocycles. The minimum absolute atomic E-state index is 0.00113. The van der Waals surface area contributed by atoms with Gasteiger partial charge in [-0.15, -0.1) is 0 Å². The van der Waals surface area contributed by atoms with Gasteiger partial charge < -0.3 is 14.8 Å². The highest BCUT2D eigenvalue weighted by atomic mass is 32.2. The van der Waals surface area contributed by atoms with Gasteiger partial charge in [-0.05, 0) is 42.2 Å². The zero-order valence-electron chi connectivity index (χ0n) is 17.5. The minimum atomic E-state index is -0.00113. The number of benzene rings is 2. The van der Waals surface area contributed by atoms with Crippen LogP contribution < -0.4 is 14.8 Å². The van der Waals surface area contributed by atoms with E-state index in [-0.39, 0.29) is 5.91 Å². The number of nitrogens with one attached hydrogen (secondary N) is 1. The van der Waals surface area contributed by atoms with Crippen molar-refractivity contribution < 1.29 is 14.3 Å². The van der Waals surface area contributed by atoms with Gasteiger partial charge in [0.2, 0.25) is 5.91 Å². The first kappa shape index (κ1) is 21.5. The number of ether oxygens (including phenoxy) is 2. The SMILES string of the molecule is COc1cccc(CCC(=O)Nc2ccc(CN3CCSCC3)cc2C)c1OC. The van der Waals surface area contributed by atoms with Crippen LogP contribution in [0.15, 0.2) is 36.4 Å². The number of aryl methyl sites for hydroxylation is 2. The van der Waals surface area contributed by atoms with E-state index >= 15 is 0 Å². The zero-order valence-corrected chi connectivity index (χ0v) is 18.3. The van der Waals surface area contributed by atoms with E-state index in [0.29, 0.717) is 24.3 Å².